The third-order valence-corrected chi connectivity index (χ3v) is 9.75. The smallest absolute Gasteiger partial charge is 0.335 e. The van der Waals surface area contributed by atoms with Gasteiger partial charge in [-0.3, -0.25) is 0 Å². The molecule has 0 radical (unpaired) electrons. The van der Waals surface area contributed by atoms with Gasteiger partial charge < -0.3 is 20.1 Å². The summed E-state index contributed by atoms with van der Waals surface area (Å²) in [5.41, 5.74) is 4.40. The van der Waals surface area contributed by atoms with Crippen LogP contribution in [0.25, 0.3) is 11.3 Å². The average Bonchev–Trinajstić information content (AvgIpc) is 3.03. The second-order valence-corrected chi connectivity index (χ2v) is 15.5. The normalized spacial score (nSPS) is 14.7. The van der Waals surface area contributed by atoms with Crippen LogP contribution in [0, 0.1) is 25.2 Å². The maximum absolute atomic E-state index is 13.4. The number of carboxylic acids is 1. The van der Waals surface area contributed by atoms with E-state index in [1.54, 1.807) is 6.07 Å². The molecule has 0 saturated carbocycles. The van der Waals surface area contributed by atoms with Crippen molar-refractivity contribution in [2.75, 3.05) is 29.3 Å². The van der Waals surface area contributed by atoms with Gasteiger partial charge in [-0.25, -0.2) is 32.9 Å². The molecule has 3 N–H and O–H groups in total. The van der Waals surface area contributed by atoms with E-state index in [0.29, 0.717) is 29.4 Å². The van der Waals surface area contributed by atoms with Gasteiger partial charge in [0.1, 0.15) is 12.4 Å². The first kappa shape index (κ1) is 35.7. The summed E-state index contributed by atoms with van der Waals surface area (Å²) in [4.78, 5) is 31.7. The van der Waals surface area contributed by atoms with Gasteiger partial charge in [-0.05, 0) is 67.3 Å². The Balaban J connectivity index is 1.36. The van der Waals surface area contributed by atoms with Gasteiger partial charge in [-0.2, -0.15) is 4.98 Å². The van der Waals surface area contributed by atoms with Crippen LogP contribution in [0.15, 0.2) is 65.8 Å². The van der Waals surface area contributed by atoms with Crippen LogP contribution in [0.2, 0.25) is 0 Å². The number of hydrogen-bond acceptors (Lipinski definition) is 10. The molecule has 0 amide bonds. The van der Waals surface area contributed by atoms with Crippen LogP contribution < -0.4 is 19.7 Å². The quantitative estimate of drug-likeness (QED) is 0.137. The van der Waals surface area contributed by atoms with E-state index in [4.69, 9.17) is 4.74 Å². The van der Waals surface area contributed by atoms with Gasteiger partial charge in [0, 0.05) is 30.8 Å². The number of carboxylic acid groups (broad SMARTS) is 1. The molecule has 49 heavy (non-hydrogen) atoms. The predicted molar refractivity (Wildman–Crippen MR) is 189 cm³/mol. The molecule has 260 valence electrons. The number of aromatic carboxylic acids is 1. The molecule has 1 saturated heterocycles. The Morgan fingerprint density at radius 1 is 1.00 bits per heavy atom. The zero-order chi connectivity index (χ0) is 35.3. The topological polar surface area (TPSA) is 160 Å². The number of aryl methyl sites for hydroxylation is 2. The lowest BCUT2D eigenvalue weighted by molar-refractivity contribution is 0.0696. The van der Waals surface area contributed by atoms with Gasteiger partial charge >= 0.3 is 5.97 Å². The van der Waals surface area contributed by atoms with Crippen LogP contribution in [-0.2, 0) is 16.6 Å². The second kappa shape index (κ2) is 14.9. The summed E-state index contributed by atoms with van der Waals surface area (Å²) in [6.07, 6.45) is 5.53. The van der Waals surface area contributed by atoms with Gasteiger partial charge in [-0.15, -0.1) is 0 Å². The summed E-state index contributed by atoms with van der Waals surface area (Å²) < 4.78 is 35.4. The van der Waals surface area contributed by atoms with E-state index < -0.39 is 16.0 Å². The highest BCUT2D eigenvalue weighted by Crippen LogP contribution is 2.33. The lowest BCUT2D eigenvalue weighted by atomic mass is 9.84. The van der Waals surface area contributed by atoms with E-state index in [0.717, 1.165) is 54.4 Å². The van der Waals surface area contributed by atoms with E-state index in [2.05, 4.69) is 62.6 Å². The monoisotopic (exact) mass is 687 g/mol. The maximum atomic E-state index is 13.4. The first-order valence-corrected chi connectivity index (χ1v) is 17.9. The summed E-state index contributed by atoms with van der Waals surface area (Å²) >= 11 is 0. The summed E-state index contributed by atoms with van der Waals surface area (Å²) in [6.45, 7) is 15.4. The molecule has 1 fully saturated rings. The third kappa shape index (κ3) is 9.30. The summed E-state index contributed by atoms with van der Waals surface area (Å²) in [6, 6.07) is 12.6. The fourth-order valence-corrected chi connectivity index (χ4v) is 6.83. The molecule has 1 aliphatic heterocycles. The first-order chi connectivity index (χ1) is 23.2. The predicted octanol–water partition coefficient (Wildman–Crippen LogP) is 5.87. The number of aromatic nitrogens is 4. The van der Waals surface area contributed by atoms with Crippen LogP contribution in [-0.4, -0.2) is 65.2 Å². The van der Waals surface area contributed by atoms with Crippen molar-refractivity contribution >= 4 is 27.6 Å². The zero-order valence-corrected chi connectivity index (χ0v) is 29.7. The molecule has 0 spiro atoms. The number of anilines is 2. The third-order valence-electron chi connectivity index (χ3n) is 8.43. The number of sulfonamides is 1. The van der Waals surface area contributed by atoms with Crippen molar-refractivity contribution in [1.82, 2.24) is 25.3 Å². The standard InChI is InChI=1S/C36H45N7O5S/c1-23(2)13-14-27(37-19-31-38-17-28(18-39-31)43-21-36(5,6)22-43)20-48-32-16-30(33-24(3)9-7-10-25(33)4)40-35(41-32)42-49(46,47)29-12-8-11-26(15-29)34(44)45/h7-12,15-18,23,27,37H,13-14,19-22H2,1-6H3,(H,44,45)(H,40,41,42). The Morgan fingerprint density at radius 2 is 1.67 bits per heavy atom. The fourth-order valence-electron chi connectivity index (χ4n) is 5.84. The van der Waals surface area contributed by atoms with Gasteiger partial charge in [0.15, 0.2) is 0 Å². The summed E-state index contributed by atoms with van der Waals surface area (Å²) in [5, 5.41) is 12.9. The van der Waals surface area contributed by atoms with Crippen LogP contribution in [0.3, 0.4) is 0 Å². The molecular weight excluding hydrogens is 643 g/mol. The van der Waals surface area contributed by atoms with E-state index in [-0.39, 0.29) is 34.9 Å². The van der Waals surface area contributed by atoms with Gasteiger partial charge in [0.2, 0.25) is 11.8 Å². The minimum absolute atomic E-state index is 0.0700. The molecular formula is C36H45N7O5S. The molecule has 1 aliphatic rings. The zero-order valence-electron chi connectivity index (χ0n) is 28.9. The lowest BCUT2D eigenvalue weighted by Gasteiger charge is -2.47. The maximum Gasteiger partial charge on any atom is 0.335 e. The molecule has 2 aromatic heterocycles. The van der Waals surface area contributed by atoms with Crippen molar-refractivity contribution < 1.29 is 23.1 Å². The Kier molecular flexibility index (Phi) is 10.8. The molecule has 0 aliphatic carbocycles. The highest BCUT2D eigenvalue weighted by atomic mass is 32.2. The molecule has 0 bridgehead atoms. The minimum atomic E-state index is -4.23. The van der Waals surface area contributed by atoms with Gasteiger partial charge in [0.25, 0.3) is 10.0 Å². The number of hydrogen-bond donors (Lipinski definition) is 3. The number of nitrogens with zero attached hydrogens (tertiary/aromatic N) is 5. The number of rotatable bonds is 15. The molecule has 1 atom stereocenters. The van der Waals surface area contributed by atoms with E-state index in [9.17, 15) is 18.3 Å². The summed E-state index contributed by atoms with van der Waals surface area (Å²) in [7, 11) is -4.23. The van der Waals surface area contributed by atoms with Crippen molar-refractivity contribution in [1.29, 1.82) is 0 Å². The van der Waals surface area contributed by atoms with Crippen molar-refractivity contribution in [3.63, 3.8) is 0 Å². The highest BCUT2D eigenvalue weighted by Gasteiger charge is 2.34. The number of benzene rings is 2. The first-order valence-electron chi connectivity index (χ1n) is 16.4. The number of carbonyl (C=O) groups is 1. The molecule has 5 rings (SSSR count). The van der Waals surface area contributed by atoms with E-state index in [1.807, 2.05) is 44.4 Å². The Morgan fingerprint density at radius 3 is 2.31 bits per heavy atom. The second-order valence-electron chi connectivity index (χ2n) is 13.9. The molecule has 13 heteroatoms. The molecule has 1 unspecified atom stereocenters. The van der Waals surface area contributed by atoms with Crippen molar-refractivity contribution in [2.45, 2.75) is 71.9 Å². The van der Waals surface area contributed by atoms with E-state index >= 15 is 0 Å². The number of ether oxygens (including phenoxy) is 1. The number of nitrogens with one attached hydrogen (secondary N) is 2. The molecule has 4 aromatic rings. The molecule has 12 nitrogen and oxygen atoms in total. The van der Waals surface area contributed by atoms with Crippen LogP contribution >= 0.6 is 0 Å². The average molecular weight is 688 g/mol. The van der Waals surface area contributed by atoms with E-state index in [1.165, 1.54) is 18.2 Å². The summed E-state index contributed by atoms with van der Waals surface area (Å²) in [5.74, 6) is -0.0706. The van der Waals surface area contributed by atoms with Crippen LogP contribution in [0.4, 0.5) is 11.6 Å². The van der Waals surface area contributed by atoms with Gasteiger partial charge in [-0.1, -0.05) is 52.0 Å². The minimum Gasteiger partial charge on any atom is -0.478 e. The van der Waals surface area contributed by atoms with Crippen LogP contribution in [0.5, 0.6) is 5.88 Å². The molecule has 2 aromatic carbocycles. The highest BCUT2D eigenvalue weighted by molar-refractivity contribution is 7.92. The fraction of sp³-hybridized carbons (Fsp3) is 0.417. The Hall–Kier alpha value is -4.62. The van der Waals surface area contributed by atoms with Crippen molar-refractivity contribution in [3.05, 3.63) is 83.4 Å². The van der Waals surface area contributed by atoms with Crippen molar-refractivity contribution in [2.24, 2.45) is 11.3 Å². The largest absolute Gasteiger partial charge is 0.478 e. The van der Waals surface area contributed by atoms with Gasteiger partial charge in [0.05, 0.1) is 40.8 Å². The Labute approximate surface area is 288 Å². The SMILES string of the molecule is Cc1cccc(C)c1-c1cc(OCC(CCC(C)C)NCc2ncc(N3CC(C)(C)C3)cn2)nc(NS(=O)(=O)c2cccc(C(=O)O)c2)n1. The van der Waals surface area contributed by atoms with Crippen molar-refractivity contribution in [3.8, 4) is 17.1 Å². The Bertz CT molecular complexity index is 1870. The molecule has 3 heterocycles. The van der Waals surface area contributed by atoms with Crippen LogP contribution in [0.1, 0.15) is 67.8 Å². The lowest BCUT2D eigenvalue weighted by Crippen LogP contribution is -2.53.